The van der Waals surface area contributed by atoms with Crippen LogP contribution in [0, 0.1) is 6.92 Å². The fraction of sp³-hybridized carbons (Fsp3) is 0.500. The van der Waals surface area contributed by atoms with E-state index in [-0.39, 0.29) is 5.91 Å². The molecule has 22 heavy (non-hydrogen) atoms. The summed E-state index contributed by atoms with van der Waals surface area (Å²) in [4.78, 5) is 14.0. The standard InChI is InChI=1S/C14H19Br2N5O/c1-4-20-13(12(16)8-17-20)9-19(3)14(22)5-6-21-10(2)11(15)7-18-21/h7-8H,4-6,9H2,1-3H3. The van der Waals surface area contributed by atoms with Crippen LogP contribution in [-0.4, -0.2) is 37.4 Å². The second-order valence-corrected chi connectivity index (χ2v) is 6.76. The first-order chi connectivity index (χ1) is 10.4. The predicted molar refractivity (Wildman–Crippen MR) is 91.4 cm³/mol. The highest BCUT2D eigenvalue weighted by atomic mass is 79.9. The molecule has 120 valence electrons. The largest absolute Gasteiger partial charge is 0.340 e. The Labute approximate surface area is 146 Å². The zero-order valence-corrected chi connectivity index (χ0v) is 16.1. The molecule has 0 saturated heterocycles. The van der Waals surface area contributed by atoms with Gasteiger partial charge in [0.05, 0.1) is 33.6 Å². The van der Waals surface area contributed by atoms with E-state index in [9.17, 15) is 4.79 Å². The first-order valence-electron chi connectivity index (χ1n) is 7.06. The maximum atomic E-state index is 12.3. The molecule has 0 aliphatic heterocycles. The molecule has 2 heterocycles. The number of nitrogens with zero attached hydrogens (tertiary/aromatic N) is 5. The van der Waals surface area contributed by atoms with Crippen molar-refractivity contribution in [3.05, 3.63) is 32.7 Å². The van der Waals surface area contributed by atoms with Gasteiger partial charge in [-0.3, -0.25) is 14.2 Å². The minimum absolute atomic E-state index is 0.0850. The number of aromatic nitrogens is 4. The van der Waals surface area contributed by atoms with Gasteiger partial charge in [0.25, 0.3) is 0 Å². The number of hydrogen-bond donors (Lipinski definition) is 0. The van der Waals surface area contributed by atoms with Crippen LogP contribution in [0.4, 0.5) is 0 Å². The highest BCUT2D eigenvalue weighted by Crippen LogP contribution is 2.18. The number of carbonyl (C=O) groups is 1. The summed E-state index contributed by atoms with van der Waals surface area (Å²) in [6, 6.07) is 0. The van der Waals surface area contributed by atoms with E-state index in [1.807, 2.05) is 30.3 Å². The van der Waals surface area contributed by atoms with Crippen molar-refractivity contribution in [3.63, 3.8) is 0 Å². The second kappa shape index (κ2) is 7.41. The Balaban J connectivity index is 1.95. The van der Waals surface area contributed by atoms with Gasteiger partial charge >= 0.3 is 0 Å². The van der Waals surface area contributed by atoms with Gasteiger partial charge in [0.15, 0.2) is 0 Å². The van der Waals surface area contributed by atoms with E-state index in [1.54, 1.807) is 17.3 Å². The van der Waals surface area contributed by atoms with Crippen LogP contribution in [0.5, 0.6) is 0 Å². The Morgan fingerprint density at radius 3 is 2.45 bits per heavy atom. The van der Waals surface area contributed by atoms with Gasteiger partial charge in [-0.15, -0.1) is 0 Å². The topological polar surface area (TPSA) is 56.0 Å². The van der Waals surface area contributed by atoms with E-state index in [0.717, 1.165) is 26.9 Å². The molecule has 0 aliphatic rings. The van der Waals surface area contributed by atoms with Crippen LogP contribution in [0.1, 0.15) is 24.7 Å². The van der Waals surface area contributed by atoms with Gasteiger partial charge in [-0.05, 0) is 45.7 Å². The Morgan fingerprint density at radius 1 is 1.23 bits per heavy atom. The summed E-state index contributed by atoms with van der Waals surface area (Å²) in [5, 5.41) is 8.51. The van der Waals surface area contributed by atoms with Crippen molar-refractivity contribution in [2.75, 3.05) is 7.05 Å². The minimum atomic E-state index is 0.0850. The van der Waals surface area contributed by atoms with Crippen molar-refractivity contribution in [2.45, 2.75) is 39.9 Å². The van der Waals surface area contributed by atoms with Crippen LogP contribution in [-0.2, 0) is 24.4 Å². The molecule has 0 N–H and O–H groups in total. The molecule has 0 unspecified atom stereocenters. The maximum Gasteiger partial charge on any atom is 0.224 e. The van der Waals surface area contributed by atoms with Gasteiger partial charge in [-0.1, -0.05) is 0 Å². The highest BCUT2D eigenvalue weighted by molar-refractivity contribution is 9.10. The SMILES string of the molecule is CCn1ncc(Br)c1CN(C)C(=O)CCn1ncc(Br)c1C. The molecule has 8 heteroatoms. The van der Waals surface area contributed by atoms with E-state index in [0.29, 0.717) is 19.5 Å². The van der Waals surface area contributed by atoms with E-state index < -0.39 is 0 Å². The van der Waals surface area contributed by atoms with Crippen LogP contribution in [0.15, 0.2) is 21.3 Å². The number of hydrogen-bond acceptors (Lipinski definition) is 3. The summed E-state index contributed by atoms with van der Waals surface area (Å²) >= 11 is 6.90. The lowest BCUT2D eigenvalue weighted by atomic mass is 10.3. The molecule has 0 aliphatic carbocycles. The molecule has 0 bridgehead atoms. The third kappa shape index (κ3) is 3.78. The van der Waals surface area contributed by atoms with E-state index in [2.05, 4.69) is 42.1 Å². The van der Waals surface area contributed by atoms with Gasteiger partial charge in [-0.2, -0.15) is 10.2 Å². The molecule has 2 aromatic rings. The van der Waals surface area contributed by atoms with Crippen LogP contribution in [0.25, 0.3) is 0 Å². The van der Waals surface area contributed by atoms with Gasteiger partial charge in [0.1, 0.15) is 0 Å². The second-order valence-electron chi connectivity index (χ2n) is 5.06. The molecular formula is C14H19Br2N5O. The van der Waals surface area contributed by atoms with Gasteiger partial charge in [0.2, 0.25) is 5.91 Å². The van der Waals surface area contributed by atoms with Crippen molar-refractivity contribution in [1.29, 1.82) is 0 Å². The van der Waals surface area contributed by atoms with Crippen molar-refractivity contribution in [1.82, 2.24) is 24.5 Å². The number of carbonyl (C=O) groups excluding carboxylic acids is 1. The van der Waals surface area contributed by atoms with Crippen LogP contribution in [0.3, 0.4) is 0 Å². The van der Waals surface area contributed by atoms with Gasteiger partial charge < -0.3 is 4.90 Å². The van der Waals surface area contributed by atoms with Gasteiger partial charge in [-0.25, -0.2) is 0 Å². The van der Waals surface area contributed by atoms with E-state index in [1.165, 1.54) is 0 Å². The number of rotatable bonds is 6. The number of aryl methyl sites for hydroxylation is 2. The molecule has 2 aromatic heterocycles. The van der Waals surface area contributed by atoms with Crippen molar-refractivity contribution in [3.8, 4) is 0 Å². The predicted octanol–water partition coefficient (Wildman–Crippen LogP) is 2.98. The Hall–Kier alpha value is -1.15. The smallest absolute Gasteiger partial charge is 0.224 e. The average Bonchev–Trinajstić information content (AvgIpc) is 3.01. The summed E-state index contributed by atoms with van der Waals surface area (Å²) in [6.45, 7) is 5.90. The summed E-state index contributed by atoms with van der Waals surface area (Å²) in [7, 11) is 1.81. The quantitative estimate of drug-likeness (QED) is 0.704. The Bertz CT molecular complexity index is 664. The lowest BCUT2D eigenvalue weighted by Gasteiger charge is -2.18. The Morgan fingerprint density at radius 2 is 1.86 bits per heavy atom. The van der Waals surface area contributed by atoms with E-state index in [4.69, 9.17) is 0 Å². The maximum absolute atomic E-state index is 12.3. The molecule has 2 rings (SSSR count). The molecule has 0 aromatic carbocycles. The summed E-state index contributed by atoms with van der Waals surface area (Å²) in [5.74, 6) is 0.0850. The molecule has 1 amide bonds. The zero-order chi connectivity index (χ0) is 16.3. The number of amides is 1. The molecule has 0 fully saturated rings. The molecule has 0 radical (unpaired) electrons. The average molecular weight is 433 g/mol. The van der Waals surface area contributed by atoms with Crippen molar-refractivity contribution >= 4 is 37.8 Å². The van der Waals surface area contributed by atoms with Crippen molar-refractivity contribution < 1.29 is 4.79 Å². The zero-order valence-electron chi connectivity index (χ0n) is 12.9. The normalized spacial score (nSPS) is 11.0. The third-order valence-corrected chi connectivity index (χ3v) is 5.03. The summed E-state index contributed by atoms with van der Waals surface area (Å²) in [6.07, 6.45) is 3.94. The van der Waals surface area contributed by atoms with Crippen LogP contribution < -0.4 is 0 Å². The van der Waals surface area contributed by atoms with Crippen LogP contribution >= 0.6 is 31.9 Å². The number of halogens is 2. The fourth-order valence-corrected chi connectivity index (χ4v) is 2.89. The molecule has 6 nitrogen and oxygen atoms in total. The van der Waals surface area contributed by atoms with Gasteiger partial charge in [0, 0.05) is 32.3 Å². The third-order valence-electron chi connectivity index (χ3n) is 3.59. The van der Waals surface area contributed by atoms with Crippen molar-refractivity contribution in [2.24, 2.45) is 0 Å². The minimum Gasteiger partial charge on any atom is -0.340 e. The summed E-state index contributed by atoms with van der Waals surface area (Å²) < 4.78 is 5.62. The molecule has 0 atom stereocenters. The molecule has 0 saturated carbocycles. The fourth-order valence-electron chi connectivity index (χ4n) is 2.17. The molecule has 0 spiro atoms. The first-order valence-corrected chi connectivity index (χ1v) is 8.64. The first kappa shape index (κ1) is 17.2. The monoisotopic (exact) mass is 431 g/mol. The summed E-state index contributed by atoms with van der Waals surface area (Å²) in [5.41, 5.74) is 2.04. The van der Waals surface area contributed by atoms with Crippen LogP contribution in [0.2, 0.25) is 0 Å². The Kier molecular flexibility index (Phi) is 5.80. The lowest BCUT2D eigenvalue weighted by Crippen LogP contribution is -2.28. The highest BCUT2D eigenvalue weighted by Gasteiger charge is 2.15. The lowest BCUT2D eigenvalue weighted by molar-refractivity contribution is -0.130. The molecular weight excluding hydrogens is 414 g/mol. The van der Waals surface area contributed by atoms with E-state index >= 15 is 0 Å².